The van der Waals surface area contributed by atoms with Gasteiger partial charge >= 0.3 is 0 Å². The molecule has 0 unspecified atom stereocenters. The molecule has 0 saturated carbocycles. The van der Waals surface area contributed by atoms with Crippen LogP contribution in [0.15, 0.2) is 180 Å². The maximum Gasteiger partial charge on any atom is 0.136 e. The molecule has 8 rings (SSSR count). The second-order valence-electron chi connectivity index (χ2n) is 11.0. The molecule has 0 N–H and O–H groups in total. The minimum Gasteiger partial charge on any atom is -0.456 e. The largest absolute Gasteiger partial charge is 0.456 e. The predicted molar refractivity (Wildman–Crippen MR) is 185 cm³/mol. The van der Waals surface area contributed by atoms with E-state index in [4.69, 9.17) is 4.42 Å². The van der Waals surface area contributed by atoms with E-state index < -0.39 is 0 Å². The monoisotopic (exact) mass is 563 g/mol. The number of hydrogen-bond donors (Lipinski definition) is 0. The minimum absolute atomic E-state index is 0.899. The van der Waals surface area contributed by atoms with Crippen molar-refractivity contribution in [3.8, 4) is 33.4 Å². The molecule has 0 aliphatic heterocycles. The lowest BCUT2D eigenvalue weighted by Crippen LogP contribution is -2.11. The molecule has 44 heavy (non-hydrogen) atoms. The molecule has 0 radical (unpaired) electrons. The van der Waals surface area contributed by atoms with Crippen molar-refractivity contribution >= 4 is 39.0 Å². The maximum atomic E-state index is 6.24. The lowest BCUT2D eigenvalue weighted by Gasteiger charge is -2.28. The summed E-state index contributed by atoms with van der Waals surface area (Å²) in [4.78, 5) is 2.37. The Morgan fingerprint density at radius 1 is 0.341 bits per heavy atom. The van der Waals surface area contributed by atoms with E-state index in [0.717, 1.165) is 50.1 Å². The Balaban J connectivity index is 1.30. The predicted octanol–water partition coefficient (Wildman–Crippen LogP) is 12.1. The Morgan fingerprint density at radius 3 is 1.64 bits per heavy atom. The number of nitrogens with zero attached hydrogens (tertiary/aromatic N) is 1. The standard InChI is InChI=1S/C42H29NO/c1-3-13-30(14-4-1)32-17-11-19-35(27-32)43(40-23-9-7-21-37(40)31-15-5-2-6-16-31)36-20-12-18-33(28-36)34-25-26-39-38-22-8-10-24-41(38)44-42(39)29-34/h1-29H. The normalized spacial score (nSPS) is 11.2. The van der Waals surface area contributed by atoms with Crippen LogP contribution in [0.5, 0.6) is 0 Å². The minimum atomic E-state index is 0.899. The van der Waals surface area contributed by atoms with Gasteiger partial charge in [-0.3, -0.25) is 0 Å². The molecular weight excluding hydrogens is 534 g/mol. The first-order valence-electron chi connectivity index (χ1n) is 14.9. The topological polar surface area (TPSA) is 16.4 Å². The summed E-state index contributed by atoms with van der Waals surface area (Å²) < 4.78 is 6.24. The number of furan rings is 1. The summed E-state index contributed by atoms with van der Waals surface area (Å²) in [6.45, 7) is 0. The Labute approximate surface area is 257 Å². The molecule has 0 aliphatic rings. The molecule has 1 aromatic heterocycles. The van der Waals surface area contributed by atoms with Crippen LogP contribution >= 0.6 is 0 Å². The summed E-state index contributed by atoms with van der Waals surface area (Å²) in [5, 5.41) is 2.28. The molecule has 8 aromatic rings. The van der Waals surface area contributed by atoms with Gasteiger partial charge in [-0.25, -0.2) is 0 Å². The first-order valence-corrected chi connectivity index (χ1v) is 14.9. The average molecular weight is 564 g/mol. The fourth-order valence-electron chi connectivity index (χ4n) is 6.14. The molecule has 0 fully saturated rings. The molecule has 0 spiro atoms. The van der Waals surface area contributed by atoms with Gasteiger partial charge in [0.15, 0.2) is 0 Å². The van der Waals surface area contributed by atoms with Gasteiger partial charge in [0.2, 0.25) is 0 Å². The second-order valence-corrected chi connectivity index (χ2v) is 11.0. The fourth-order valence-corrected chi connectivity index (χ4v) is 6.14. The Bertz CT molecular complexity index is 2230. The van der Waals surface area contributed by atoms with Crippen molar-refractivity contribution in [2.24, 2.45) is 0 Å². The first kappa shape index (κ1) is 25.8. The van der Waals surface area contributed by atoms with Gasteiger partial charge in [0.25, 0.3) is 0 Å². The molecule has 208 valence electrons. The van der Waals surface area contributed by atoms with E-state index in [0.29, 0.717) is 0 Å². The highest BCUT2D eigenvalue weighted by molar-refractivity contribution is 6.06. The van der Waals surface area contributed by atoms with Crippen LogP contribution in [-0.2, 0) is 0 Å². The van der Waals surface area contributed by atoms with Gasteiger partial charge in [-0.2, -0.15) is 0 Å². The third-order valence-electron chi connectivity index (χ3n) is 8.26. The first-order chi connectivity index (χ1) is 21.8. The van der Waals surface area contributed by atoms with Crippen molar-refractivity contribution < 1.29 is 4.42 Å². The van der Waals surface area contributed by atoms with E-state index in [1.165, 1.54) is 22.3 Å². The summed E-state index contributed by atoms with van der Waals surface area (Å²) in [5.41, 5.74) is 12.1. The Hall–Kier alpha value is -5.86. The number of benzene rings is 7. The van der Waals surface area contributed by atoms with E-state index in [2.05, 4.69) is 169 Å². The molecule has 0 saturated heterocycles. The second kappa shape index (κ2) is 11.1. The van der Waals surface area contributed by atoms with Crippen LogP contribution in [0.2, 0.25) is 0 Å². The number of para-hydroxylation sites is 2. The van der Waals surface area contributed by atoms with E-state index >= 15 is 0 Å². The Morgan fingerprint density at radius 2 is 0.886 bits per heavy atom. The van der Waals surface area contributed by atoms with Crippen LogP contribution in [0.4, 0.5) is 17.1 Å². The van der Waals surface area contributed by atoms with Gasteiger partial charge in [-0.05, 0) is 76.3 Å². The lowest BCUT2D eigenvalue weighted by molar-refractivity contribution is 0.669. The molecule has 0 atom stereocenters. The summed E-state index contributed by atoms with van der Waals surface area (Å²) in [5.74, 6) is 0. The van der Waals surface area contributed by atoms with Crippen molar-refractivity contribution in [2.45, 2.75) is 0 Å². The van der Waals surface area contributed by atoms with Gasteiger partial charge in [0.1, 0.15) is 11.2 Å². The summed E-state index contributed by atoms with van der Waals surface area (Å²) >= 11 is 0. The maximum absolute atomic E-state index is 6.24. The molecular formula is C42H29NO. The van der Waals surface area contributed by atoms with Crippen LogP contribution in [0.3, 0.4) is 0 Å². The number of fused-ring (bicyclic) bond motifs is 3. The van der Waals surface area contributed by atoms with Gasteiger partial charge in [-0.1, -0.05) is 127 Å². The zero-order chi connectivity index (χ0) is 29.3. The van der Waals surface area contributed by atoms with Crippen LogP contribution in [0, 0.1) is 0 Å². The molecule has 2 heteroatoms. The molecule has 1 heterocycles. The van der Waals surface area contributed by atoms with Gasteiger partial charge < -0.3 is 9.32 Å². The molecule has 2 nitrogen and oxygen atoms in total. The van der Waals surface area contributed by atoms with Gasteiger partial charge in [0, 0.05) is 27.7 Å². The molecule has 0 bridgehead atoms. The highest BCUT2D eigenvalue weighted by Crippen LogP contribution is 2.43. The Kier molecular flexibility index (Phi) is 6.51. The van der Waals surface area contributed by atoms with Crippen molar-refractivity contribution in [1.82, 2.24) is 0 Å². The van der Waals surface area contributed by atoms with Crippen LogP contribution in [0.25, 0.3) is 55.3 Å². The highest BCUT2D eigenvalue weighted by atomic mass is 16.3. The zero-order valence-corrected chi connectivity index (χ0v) is 24.1. The van der Waals surface area contributed by atoms with E-state index in [-0.39, 0.29) is 0 Å². The van der Waals surface area contributed by atoms with Crippen molar-refractivity contribution in [3.05, 3.63) is 176 Å². The number of anilines is 3. The summed E-state index contributed by atoms with van der Waals surface area (Å²) in [7, 11) is 0. The summed E-state index contributed by atoms with van der Waals surface area (Å²) in [6, 6.07) is 62.2. The number of hydrogen-bond acceptors (Lipinski definition) is 2. The van der Waals surface area contributed by atoms with E-state index in [9.17, 15) is 0 Å². The average Bonchev–Trinajstić information content (AvgIpc) is 3.48. The van der Waals surface area contributed by atoms with E-state index in [1.54, 1.807) is 0 Å². The molecule has 0 aliphatic carbocycles. The van der Waals surface area contributed by atoms with Crippen LogP contribution in [0.1, 0.15) is 0 Å². The molecule has 0 amide bonds. The fraction of sp³-hybridized carbons (Fsp3) is 0. The SMILES string of the molecule is c1ccc(-c2cccc(N(c3cccc(-c4ccc5c(c4)oc4ccccc45)c3)c3ccccc3-c3ccccc3)c2)cc1. The summed E-state index contributed by atoms with van der Waals surface area (Å²) in [6.07, 6.45) is 0. The highest BCUT2D eigenvalue weighted by Gasteiger charge is 2.18. The van der Waals surface area contributed by atoms with Crippen LogP contribution in [-0.4, -0.2) is 0 Å². The van der Waals surface area contributed by atoms with E-state index in [1.807, 2.05) is 12.1 Å². The lowest BCUT2D eigenvalue weighted by atomic mass is 9.99. The quantitative estimate of drug-likeness (QED) is 0.200. The third kappa shape index (κ3) is 4.73. The van der Waals surface area contributed by atoms with Crippen molar-refractivity contribution in [2.75, 3.05) is 4.90 Å². The smallest absolute Gasteiger partial charge is 0.136 e. The molecule has 7 aromatic carbocycles. The van der Waals surface area contributed by atoms with Gasteiger partial charge in [0.05, 0.1) is 5.69 Å². The van der Waals surface area contributed by atoms with Crippen molar-refractivity contribution in [3.63, 3.8) is 0 Å². The number of rotatable bonds is 6. The zero-order valence-electron chi connectivity index (χ0n) is 24.1. The third-order valence-corrected chi connectivity index (χ3v) is 8.26. The van der Waals surface area contributed by atoms with Crippen molar-refractivity contribution in [1.29, 1.82) is 0 Å². The van der Waals surface area contributed by atoms with Crippen LogP contribution < -0.4 is 4.90 Å². The van der Waals surface area contributed by atoms with Gasteiger partial charge in [-0.15, -0.1) is 0 Å².